The molecule has 0 spiro atoms. The Kier molecular flexibility index (Phi) is 3.10. The molecule has 1 aromatic heterocycles. The summed E-state index contributed by atoms with van der Waals surface area (Å²) >= 11 is 4.85. The van der Waals surface area contributed by atoms with Gasteiger partial charge in [-0.3, -0.25) is 14.9 Å². The number of carbonyl (C=O) groups is 1. The Morgan fingerprint density at radius 1 is 1.19 bits per heavy atom. The first-order valence-electron chi connectivity index (χ1n) is 6.32. The summed E-state index contributed by atoms with van der Waals surface area (Å²) < 4.78 is 5.52. The highest BCUT2D eigenvalue weighted by Gasteiger charge is 2.21. The zero-order valence-corrected chi connectivity index (χ0v) is 12.3. The summed E-state index contributed by atoms with van der Waals surface area (Å²) in [5.41, 5.74) is 2.77. The molecule has 2 aromatic rings. The Labute approximate surface area is 125 Å². The van der Waals surface area contributed by atoms with E-state index in [0.29, 0.717) is 16.5 Å². The molecule has 2 heterocycles. The van der Waals surface area contributed by atoms with Gasteiger partial charge in [-0.2, -0.15) is 0 Å². The first kappa shape index (κ1) is 13.5. The fraction of sp³-hybridized carbons (Fsp3) is 0.133. The summed E-state index contributed by atoms with van der Waals surface area (Å²) in [6.07, 6.45) is 2.80. The van der Waals surface area contributed by atoms with Gasteiger partial charge in [0.05, 0.1) is 10.9 Å². The van der Waals surface area contributed by atoms with Crippen LogP contribution in [0.5, 0.6) is 0 Å². The minimum atomic E-state index is -0.361. The van der Waals surface area contributed by atoms with Crippen LogP contribution in [0.2, 0.25) is 0 Å². The summed E-state index contributed by atoms with van der Waals surface area (Å²) in [7, 11) is 0. The zero-order chi connectivity index (χ0) is 15.1. The van der Waals surface area contributed by atoms with Crippen LogP contribution in [0.3, 0.4) is 0 Å². The summed E-state index contributed by atoms with van der Waals surface area (Å²) in [5, 5.41) is 5.89. The third kappa shape index (κ3) is 2.34. The highest BCUT2D eigenvalue weighted by molar-refractivity contribution is 7.80. The zero-order valence-electron chi connectivity index (χ0n) is 11.4. The molecule has 106 valence electrons. The maximum atomic E-state index is 12.5. The molecule has 1 fully saturated rings. The van der Waals surface area contributed by atoms with Gasteiger partial charge in [-0.1, -0.05) is 6.07 Å². The average Bonchev–Trinajstić information content (AvgIpc) is 2.70. The van der Waals surface area contributed by atoms with E-state index in [1.54, 1.807) is 0 Å². The van der Waals surface area contributed by atoms with Crippen LogP contribution in [-0.2, 0) is 4.79 Å². The van der Waals surface area contributed by atoms with Crippen LogP contribution in [0.1, 0.15) is 16.7 Å². The lowest BCUT2D eigenvalue weighted by molar-refractivity contribution is -0.115. The van der Waals surface area contributed by atoms with Crippen molar-refractivity contribution >= 4 is 40.3 Å². The number of nitrogens with one attached hydrogen (secondary N) is 2. The average molecular weight is 300 g/mol. The number of hydrogen-bond donors (Lipinski definition) is 2. The standard InChI is InChI=1S/C15H12N2O3S/c1-7-3-8(2)12-11(4-7)20-6-9(13(12)18)5-10-14(19)17-15(21)16-10/h3-6H,1-2H3,(H2,16,17,19,21). The third-order valence-electron chi connectivity index (χ3n) is 3.27. The van der Waals surface area contributed by atoms with Crippen molar-refractivity contribution in [2.45, 2.75) is 13.8 Å². The molecule has 0 atom stereocenters. The van der Waals surface area contributed by atoms with Gasteiger partial charge in [0.2, 0.25) is 0 Å². The Bertz CT molecular complexity index is 880. The monoisotopic (exact) mass is 300 g/mol. The Balaban J connectivity index is 2.20. The molecular formula is C15H12N2O3S. The van der Waals surface area contributed by atoms with Gasteiger partial charge in [0.25, 0.3) is 5.91 Å². The highest BCUT2D eigenvalue weighted by atomic mass is 32.1. The number of fused-ring (bicyclic) bond motifs is 1. The van der Waals surface area contributed by atoms with Crippen molar-refractivity contribution in [1.29, 1.82) is 0 Å². The fourth-order valence-corrected chi connectivity index (χ4v) is 2.58. The lowest BCUT2D eigenvalue weighted by Gasteiger charge is -2.04. The van der Waals surface area contributed by atoms with E-state index in [1.165, 1.54) is 12.3 Å². The largest absolute Gasteiger partial charge is 0.463 e. The molecule has 0 radical (unpaired) electrons. The maximum absolute atomic E-state index is 12.5. The summed E-state index contributed by atoms with van der Waals surface area (Å²) in [5.74, 6) is -0.361. The minimum absolute atomic E-state index is 0.173. The molecule has 1 saturated heterocycles. The number of benzene rings is 1. The molecule has 1 aliphatic rings. The van der Waals surface area contributed by atoms with Crippen LogP contribution >= 0.6 is 12.2 Å². The van der Waals surface area contributed by atoms with Gasteiger partial charge < -0.3 is 9.73 Å². The van der Waals surface area contributed by atoms with Crippen LogP contribution in [0.4, 0.5) is 0 Å². The topological polar surface area (TPSA) is 71.3 Å². The first-order valence-corrected chi connectivity index (χ1v) is 6.73. The van der Waals surface area contributed by atoms with Gasteiger partial charge in [0, 0.05) is 0 Å². The number of carbonyl (C=O) groups excluding carboxylic acids is 1. The van der Waals surface area contributed by atoms with E-state index in [1.807, 2.05) is 26.0 Å². The molecule has 5 nitrogen and oxygen atoms in total. The molecule has 3 rings (SSSR count). The molecular weight excluding hydrogens is 288 g/mol. The fourth-order valence-electron chi connectivity index (χ4n) is 2.37. The minimum Gasteiger partial charge on any atom is -0.463 e. The first-order chi connectivity index (χ1) is 9.95. The van der Waals surface area contributed by atoms with E-state index in [4.69, 9.17) is 16.6 Å². The second kappa shape index (κ2) is 4.82. The van der Waals surface area contributed by atoms with Crippen molar-refractivity contribution in [1.82, 2.24) is 10.6 Å². The van der Waals surface area contributed by atoms with Gasteiger partial charge in [-0.15, -0.1) is 0 Å². The number of aryl methyl sites for hydroxylation is 2. The van der Waals surface area contributed by atoms with Crippen molar-refractivity contribution in [3.8, 4) is 0 Å². The van der Waals surface area contributed by atoms with Crippen molar-refractivity contribution in [3.05, 3.63) is 51.0 Å². The van der Waals surface area contributed by atoms with Gasteiger partial charge in [0.15, 0.2) is 10.5 Å². The van der Waals surface area contributed by atoms with E-state index in [-0.39, 0.29) is 22.1 Å². The SMILES string of the molecule is Cc1cc(C)c2c(=O)c(C=C3NC(=S)NC3=O)coc2c1. The Morgan fingerprint density at radius 2 is 1.95 bits per heavy atom. The quantitative estimate of drug-likeness (QED) is 0.620. The van der Waals surface area contributed by atoms with Crippen LogP contribution in [0.15, 0.2) is 33.3 Å². The molecule has 0 aliphatic carbocycles. The van der Waals surface area contributed by atoms with Crippen molar-refractivity contribution in [3.63, 3.8) is 0 Å². The van der Waals surface area contributed by atoms with Crippen LogP contribution in [-0.4, -0.2) is 11.0 Å². The summed E-state index contributed by atoms with van der Waals surface area (Å²) in [6, 6.07) is 3.74. The lowest BCUT2D eigenvalue weighted by Crippen LogP contribution is -2.21. The molecule has 2 N–H and O–H groups in total. The molecule has 1 amide bonds. The molecule has 1 aliphatic heterocycles. The van der Waals surface area contributed by atoms with Gasteiger partial charge in [0.1, 0.15) is 17.5 Å². The van der Waals surface area contributed by atoms with E-state index < -0.39 is 0 Å². The van der Waals surface area contributed by atoms with Crippen molar-refractivity contribution in [2.24, 2.45) is 0 Å². The molecule has 21 heavy (non-hydrogen) atoms. The molecule has 0 bridgehead atoms. The third-order valence-corrected chi connectivity index (χ3v) is 3.47. The number of rotatable bonds is 1. The van der Waals surface area contributed by atoms with E-state index in [9.17, 15) is 9.59 Å². The highest BCUT2D eigenvalue weighted by Crippen LogP contribution is 2.19. The second-order valence-corrected chi connectivity index (χ2v) is 5.35. The molecule has 0 unspecified atom stereocenters. The smallest absolute Gasteiger partial charge is 0.273 e. The van der Waals surface area contributed by atoms with E-state index in [2.05, 4.69) is 10.6 Å². The van der Waals surface area contributed by atoms with Crippen LogP contribution < -0.4 is 16.1 Å². The van der Waals surface area contributed by atoms with Gasteiger partial charge >= 0.3 is 0 Å². The lowest BCUT2D eigenvalue weighted by atomic mass is 10.0. The van der Waals surface area contributed by atoms with Crippen molar-refractivity contribution in [2.75, 3.05) is 0 Å². The normalized spacial score (nSPS) is 16.4. The number of thiocarbonyl (C=S) groups is 1. The second-order valence-electron chi connectivity index (χ2n) is 4.94. The van der Waals surface area contributed by atoms with Crippen LogP contribution in [0.25, 0.3) is 17.0 Å². The van der Waals surface area contributed by atoms with E-state index >= 15 is 0 Å². The summed E-state index contributed by atoms with van der Waals surface area (Å²) in [6.45, 7) is 3.80. The predicted molar refractivity (Wildman–Crippen MR) is 83.8 cm³/mol. The van der Waals surface area contributed by atoms with Crippen molar-refractivity contribution < 1.29 is 9.21 Å². The summed E-state index contributed by atoms with van der Waals surface area (Å²) in [4.78, 5) is 24.2. The van der Waals surface area contributed by atoms with Crippen LogP contribution in [0, 0.1) is 13.8 Å². The van der Waals surface area contributed by atoms with Gasteiger partial charge in [-0.25, -0.2) is 0 Å². The molecule has 6 heteroatoms. The molecule has 1 aromatic carbocycles. The number of hydrogen-bond acceptors (Lipinski definition) is 4. The maximum Gasteiger partial charge on any atom is 0.273 e. The van der Waals surface area contributed by atoms with Gasteiger partial charge in [-0.05, 0) is 49.3 Å². The predicted octanol–water partition coefficient (Wildman–Crippen LogP) is 1.76. The van der Waals surface area contributed by atoms with E-state index in [0.717, 1.165) is 11.1 Å². The Morgan fingerprint density at radius 3 is 2.62 bits per heavy atom. The molecule has 0 saturated carbocycles. The Hall–Kier alpha value is -2.47. The number of amides is 1.